The van der Waals surface area contributed by atoms with Crippen LogP contribution >= 0.6 is 11.6 Å². The maximum Gasteiger partial charge on any atom is 0.250 e. The molecule has 0 saturated heterocycles. The molecule has 0 spiro atoms. The van der Waals surface area contributed by atoms with Gasteiger partial charge in [0.05, 0.1) is 17.2 Å². The lowest BCUT2D eigenvalue weighted by Gasteiger charge is -2.18. The van der Waals surface area contributed by atoms with Crippen LogP contribution in [0.4, 0.5) is 0 Å². The number of carbonyl (C=O) groups excluding carboxylic acids is 1. The minimum Gasteiger partial charge on any atom is -0.493 e. The molecule has 19 heavy (non-hydrogen) atoms. The highest BCUT2D eigenvalue weighted by molar-refractivity contribution is 6.33. The fourth-order valence-corrected chi connectivity index (χ4v) is 2.90. The molecular weight excluding hydrogens is 264 g/mol. The first-order valence-electron chi connectivity index (χ1n) is 6.54. The minimum absolute atomic E-state index is 0.315. The Labute approximate surface area is 118 Å². The summed E-state index contributed by atoms with van der Waals surface area (Å²) in [5.74, 6) is 1.20. The van der Waals surface area contributed by atoms with E-state index in [1.54, 1.807) is 18.2 Å². The zero-order valence-corrected chi connectivity index (χ0v) is 11.5. The number of halogens is 1. The van der Waals surface area contributed by atoms with Crippen molar-refractivity contribution in [3.63, 3.8) is 0 Å². The largest absolute Gasteiger partial charge is 0.493 e. The van der Waals surface area contributed by atoms with Crippen LogP contribution in [0.3, 0.4) is 0 Å². The van der Waals surface area contributed by atoms with E-state index in [4.69, 9.17) is 27.8 Å². The highest BCUT2D eigenvalue weighted by atomic mass is 35.5. The summed E-state index contributed by atoms with van der Waals surface area (Å²) in [6.07, 6.45) is 3.57. The Morgan fingerprint density at radius 3 is 2.74 bits per heavy atom. The van der Waals surface area contributed by atoms with Crippen molar-refractivity contribution in [1.82, 2.24) is 0 Å². The van der Waals surface area contributed by atoms with Gasteiger partial charge in [-0.15, -0.1) is 0 Å². The van der Waals surface area contributed by atoms with Gasteiger partial charge in [0.1, 0.15) is 5.75 Å². The van der Waals surface area contributed by atoms with Gasteiger partial charge in [-0.05, 0) is 49.4 Å². The van der Waals surface area contributed by atoms with E-state index < -0.39 is 5.91 Å². The van der Waals surface area contributed by atoms with Crippen molar-refractivity contribution in [2.45, 2.75) is 19.3 Å². The standard InChI is InChI=1S/C14H19ClN2O2/c15-13-6-11(4-5-12(13)14(17)18)19-8-10-3-1-2-9(10)7-16/h4-6,9-10H,1-3,7-8,16H2,(H2,17,18). The second kappa shape index (κ2) is 6.26. The van der Waals surface area contributed by atoms with Crippen LogP contribution < -0.4 is 16.2 Å². The van der Waals surface area contributed by atoms with Crippen molar-refractivity contribution >= 4 is 17.5 Å². The SMILES string of the molecule is NCC1CCCC1COc1ccc(C(N)=O)c(Cl)c1. The lowest BCUT2D eigenvalue weighted by atomic mass is 9.97. The van der Waals surface area contributed by atoms with E-state index in [-0.39, 0.29) is 0 Å². The predicted octanol–water partition coefficient (Wildman–Crippen LogP) is 2.19. The van der Waals surface area contributed by atoms with Gasteiger partial charge in [0.25, 0.3) is 0 Å². The molecule has 1 saturated carbocycles. The summed E-state index contributed by atoms with van der Waals surface area (Å²) in [6, 6.07) is 4.95. The maximum atomic E-state index is 11.1. The van der Waals surface area contributed by atoms with Crippen LogP contribution in [-0.2, 0) is 0 Å². The molecule has 2 unspecified atom stereocenters. The van der Waals surface area contributed by atoms with Crippen LogP contribution in [0.15, 0.2) is 18.2 Å². The summed E-state index contributed by atoms with van der Waals surface area (Å²) in [4.78, 5) is 11.1. The Morgan fingerprint density at radius 2 is 2.11 bits per heavy atom. The van der Waals surface area contributed by atoms with Gasteiger partial charge in [0.15, 0.2) is 0 Å². The van der Waals surface area contributed by atoms with E-state index in [2.05, 4.69) is 0 Å². The Kier molecular flexibility index (Phi) is 4.66. The summed E-state index contributed by atoms with van der Waals surface area (Å²) in [7, 11) is 0. The molecule has 0 heterocycles. The number of nitrogens with two attached hydrogens (primary N) is 2. The predicted molar refractivity (Wildman–Crippen MR) is 75.4 cm³/mol. The molecule has 1 aliphatic rings. The van der Waals surface area contributed by atoms with Crippen molar-refractivity contribution in [3.05, 3.63) is 28.8 Å². The zero-order valence-electron chi connectivity index (χ0n) is 10.8. The Bertz CT molecular complexity index is 465. The van der Waals surface area contributed by atoms with Crippen LogP contribution in [0.5, 0.6) is 5.75 Å². The molecule has 1 fully saturated rings. The zero-order chi connectivity index (χ0) is 13.8. The molecular formula is C14H19ClN2O2. The van der Waals surface area contributed by atoms with Crippen molar-refractivity contribution in [1.29, 1.82) is 0 Å². The molecule has 1 amide bonds. The number of hydrogen-bond donors (Lipinski definition) is 2. The third-order valence-corrected chi connectivity index (χ3v) is 4.10. The summed E-state index contributed by atoms with van der Waals surface area (Å²) >= 11 is 5.97. The summed E-state index contributed by atoms with van der Waals surface area (Å²) in [5.41, 5.74) is 11.3. The molecule has 1 aromatic rings. The topological polar surface area (TPSA) is 78.3 Å². The molecule has 104 valence electrons. The normalized spacial score (nSPS) is 22.4. The van der Waals surface area contributed by atoms with E-state index >= 15 is 0 Å². The van der Waals surface area contributed by atoms with Gasteiger partial charge in [-0.25, -0.2) is 0 Å². The number of rotatable bonds is 5. The van der Waals surface area contributed by atoms with E-state index in [9.17, 15) is 4.79 Å². The molecule has 2 atom stereocenters. The smallest absolute Gasteiger partial charge is 0.250 e. The second-order valence-electron chi connectivity index (χ2n) is 5.00. The third kappa shape index (κ3) is 3.39. The van der Waals surface area contributed by atoms with Crippen molar-refractivity contribution in [2.75, 3.05) is 13.2 Å². The summed E-state index contributed by atoms with van der Waals surface area (Å²) in [6.45, 7) is 1.36. The number of benzene rings is 1. The molecule has 4 N–H and O–H groups in total. The lowest BCUT2D eigenvalue weighted by molar-refractivity contribution is 0.100. The highest BCUT2D eigenvalue weighted by Gasteiger charge is 2.26. The summed E-state index contributed by atoms with van der Waals surface area (Å²) < 4.78 is 5.75. The first-order chi connectivity index (χ1) is 9.11. The lowest BCUT2D eigenvalue weighted by Crippen LogP contribution is -2.23. The first kappa shape index (κ1) is 14.2. The van der Waals surface area contributed by atoms with E-state index in [1.807, 2.05) is 0 Å². The Balaban J connectivity index is 1.96. The number of carbonyl (C=O) groups is 1. The highest BCUT2D eigenvalue weighted by Crippen LogP contribution is 2.32. The fraction of sp³-hybridized carbons (Fsp3) is 0.500. The quantitative estimate of drug-likeness (QED) is 0.869. The van der Waals surface area contributed by atoms with Gasteiger partial charge in [-0.1, -0.05) is 18.0 Å². The van der Waals surface area contributed by atoms with Gasteiger partial charge in [-0.3, -0.25) is 4.79 Å². The molecule has 4 nitrogen and oxygen atoms in total. The molecule has 1 aliphatic carbocycles. The van der Waals surface area contributed by atoms with Crippen LogP contribution in [0.25, 0.3) is 0 Å². The van der Waals surface area contributed by atoms with Gasteiger partial charge in [0.2, 0.25) is 5.91 Å². The van der Waals surface area contributed by atoms with Crippen LogP contribution in [0, 0.1) is 11.8 Å². The number of hydrogen-bond acceptors (Lipinski definition) is 3. The monoisotopic (exact) mass is 282 g/mol. The Hall–Kier alpha value is -1.26. The number of ether oxygens (including phenoxy) is 1. The minimum atomic E-state index is -0.532. The summed E-state index contributed by atoms with van der Waals surface area (Å²) in [5, 5.41) is 0.326. The van der Waals surface area contributed by atoms with Gasteiger partial charge < -0.3 is 16.2 Å². The van der Waals surface area contributed by atoms with Crippen molar-refractivity contribution < 1.29 is 9.53 Å². The van der Waals surface area contributed by atoms with Crippen LogP contribution in [0.2, 0.25) is 5.02 Å². The van der Waals surface area contributed by atoms with E-state index in [0.717, 1.165) is 13.0 Å². The van der Waals surface area contributed by atoms with E-state index in [1.165, 1.54) is 12.8 Å². The molecule has 0 aromatic heterocycles. The number of primary amides is 1. The van der Waals surface area contributed by atoms with Crippen molar-refractivity contribution in [3.8, 4) is 5.75 Å². The third-order valence-electron chi connectivity index (χ3n) is 3.79. The maximum absolute atomic E-state index is 11.1. The Morgan fingerprint density at radius 1 is 1.37 bits per heavy atom. The van der Waals surface area contributed by atoms with Crippen molar-refractivity contribution in [2.24, 2.45) is 23.3 Å². The van der Waals surface area contributed by atoms with Gasteiger partial charge >= 0.3 is 0 Å². The average molecular weight is 283 g/mol. The second-order valence-corrected chi connectivity index (χ2v) is 5.41. The van der Waals surface area contributed by atoms with E-state index in [0.29, 0.717) is 34.8 Å². The molecule has 5 heteroatoms. The van der Waals surface area contributed by atoms with Crippen LogP contribution in [-0.4, -0.2) is 19.1 Å². The molecule has 2 rings (SSSR count). The first-order valence-corrected chi connectivity index (χ1v) is 6.92. The number of amides is 1. The van der Waals surface area contributed by atoms with Crippen LogP contribution in [0.1, 0.15) is 29.6 Å². The van der Waals surface area contributed by atoms with Gasteiger partial charge in [0, 0.05) is 0 Å². The molecule has 0 bridgehead atoms. The van der Waals surface area contributed by atoms with Gasteiger partial charge in [-0.2, -0.15) is 0 Å². The molecule has 1 aromatic carbocycles. The molecule has 0 radical (unpaired) electrons. The fourth-order valence-electron chi connectivity index (χ4n) is 2.63. The average Bonchev–Trinajstić information content (AvgIpc) is 2.83. The molecule has 0 aliphatic heterocycles.